The lowest BCUT2D eigenvalue weighted by molar-refractivity contribution is -0.0764. The van der Waals surface area contributed by atoms with Gasteiger partial charge in [-0.1, -0.05) is 23.3 Å². The van der Waals surface area contributed by atoms with Crippen molar-refractivity contribution in [3.63, 3.8) is 0 Å². The quantitative estimate of drug-likeness (QED) is 0.449. The molecule has 2 aliphatic rings. The number of rotatable bonds is 6. The average Bonchev–Trinajstić information content (AvgIpc) is 3.13. The van der Waals surface area contributed by atoms with Crippen LogP contribution in [0.25, 0.3) is 0 Å². The predicted molar refractivity (Wildman–Crippen MR) is 139 cm³/mol. The third kappa shape index (κ3) is 5.06. The third-order valence-electron chi connectivity index (χ3n) is 6.75. The van der Waals surface area contributed by atoms with Crippen LogP contribution in [0.5, 0.6) is 17.2 Å². The zero-order chi connectivity index (χ0) is 26.4. The van der Waals surface area contributed by atoms with E-state index in [0.29, 0.717) is 41.0 Å². The molecule has 0 saturated carbocycles. The van der Waals surface area contributed by atoms with Crippen molar-refractivity contribution in [2.75, 3.05) is 0 Å². The van der Waals surface area contributed by atoms with Crippen LogP contribution in [0.1, 0.15) is 92.8 Å². The lowest BCUT2D eigenvalue weighted by Gasteiger charge is -2.28. The number of allylic oxidation sites excluding steroid dienone is 4. The molecule has 2 aliphatic heterocycles. The Kier molecular flexibility index (Phi) is 7.04. The summed E-state index contributed by atoms with van der Waals surface area (Å²) in [6.07, 6.45) is 2.83. The van der Waals surface area contributed by atoms with Gasteiger partial charge in [0.05, 0.1) is 17.6 Å². The number of phenols is 1. The summed E-state index contributed by atoms with van der Waals surface area (Å²) in [6.45, 7) is 11.2. The number of aliphatic hydroxyl groups excluding tert-OH is 1. The molecule has 6 nitrogen and oxygen atoms in total. The van der Waals surface area contributed by atoms with E-state index in [1.165, 1.54) is 0 Å². The molecule has 2 aromatic carbocycles. The summed E-state index contributed by atoms with van der Waals surface area (Å²) in [5.41, 5.74) is 4.24. The van der Waals surface area contributed by atoms with Gasteiger partial charge in [-0.2, -0.15) is 0 Å². The van der Waals surface area contributed by atoms with E-state index in [2.05, 4.69) is 6.08 Å². The number of hydrogen-bond acceptors (Lipinski definition) is 6. The number of fused-ring (bicyclic) bond motifs is 2. The van der Waals surface area contributed by atoms with Crippen LogP contribution in [-0.4, -0.2) is 32.8 Å². The fraction of sp³-hybridized carbons (Fsp3) is 0.433. The van der Waals surface area contributed by atoms with Gasteiger partial charge in [-0.05, 0) is 89.8 Å². The first-order valence-corrected chi connectivity index (χ1v) is 12.4. The Bertz CT molecular complexity index is 1240. The standard InChI is InChI=1S/C30H36O6/c1-16(2)7-9-18-13-19(14-22-26(33)29(30(5,6)34)36-27(18)22)25-15-24(32)21-11-12-23(31)20(28(21)35-25)10-8-17(3)4/h7-8,11-14,25-26,29,31,33-34H,9-10,15H2,1-6H3. The Morgan fingerprint density at radius 1 is 1.03 bits per heavy atom. The van der Waals surface area contributed by atoms with Crippen molar-refractivity contribution in [1.82, 2.24) is 0 Å². The summed E-state index contributed by atoms with van der Waals surface area (Å²) in [5, 5.41) is 32.2. The molecule has 0 amide bonds. The average molecular weight is 493 g/mol. The van der Waals surface area contributed by atoms with Crippen molar-refractivity contribution >= 4 is 5.78 Å². The molecule has 3 atom stereocenters. The highest BCUT2D eigenvalue weighted by Gasteiger charge is 2.44. The minimum absolute atomic E-state index is 0.0581. The smallest absolute Gasteiger partial charge is 0.170 e. The molecule has 0 fully saturated rings. The molecule has 0 aliphatic carbocycles. The van der Waals surface area contributed by atoms with Crippen LogP contribution in [-0.2, 0) is 12.8 Å². The molecule has 4 rings (SSSR count). The van der Waals surface area contributed by atoms with E-state index in [9.17, 15) is 20.1 Å². The van der Waals surface area contributed by atoms with Crippen LogP contribution < -0.4 is 9.47 Å². The van der Waals surface area contributed by atoms with Gasteiger partial charge in [0.15, 0.2) is 11.9 Å². The molecule has 192 valence electrons. The number of carbonyl (C=O) groups is 1. The van der Waals surface area contributed by atoms with Crippen molar-refractivity contribution < 1.29 is 29.6 Å². The molecule has 2 heterocycles. The van der Waals surface area contributed by atoms with Gasteiger partial charge in [0, 0.05) is 11.1 Å². The first-order chi connectivity index (χ1) is 16.9. The number of ether oxygens (including phenoxy) is 2. The normalized spacial score (nSPS) is 20.7. The van der Waals surface area contributed by atoms with E-state index in [1.54, 1.807) is 26.0 Å². The number of ketones is 1. The third-order valence-corrected chi connectivity index (χ3v) is 6.75. The lowest BCUT2D eigenvalue weighted by atomic mass is 9.89. The zero-order valence-electron chi connectivity index (χ0n) is 21.9. The van der Waals surface area contributed by atoms with Crippen LogP contribution in [0.2, 0.25) is 0 Å². The molecule has 2 aromatic rings. The van der Waals surface area contributed by atoms with Crippen LogP contribution in [0.3, 0.4) is 0 Å². The maximum atomic E-state index is 13.2. The molecule has 0 bridgehead atoms. The van der Waals surface area contributed by atoms with Gasteiger partial charge in [-0.15, -0.1) is 0 Å². The Morgan fingerprint density at radius 3 is 2.33 bits per heavy atom. The van der Waals surface area contributed by atoms with Crippen molar-refractivity contribution in [2.45, 2.75) is 84.7 Å². The number of hydrogen-bond donors (Lipinski definition) is 3. The summed E-state index contributed by atoms with van der Waals surface area (Å²) < 4.78 is 12.5. The maximum Gasteiger partial charge on any atom is 0.170 e. The van der Waals surface area contributed by atoms with Gasteiger partial charge in [-0.25, -0.2) is 0 Å². The Morgan fingerprint density at radius 2 is 1.69 bits per heavy atom. The van der Waals surface area contributed by atoms with E-state index in [4.69, 9.17) is 9.47 Å². The molecule has 3 N–H and O–H groups in total. The van der Waals surface area contributed by atoms with E-state index in [1.807, 2.05) is 45.9 Å². The number of aromatic hydroxyl groups is 1. The molecule has 0 spiro atoms. The van der Waals surface area contributed by atoms with Crippen molar-refractivity contribution in [3.8, 4) is 17.2 Å². The van der Waals surface area contributed by atoms with E-state index in [0.717, 1.165) is 22.3 Å². The molecule has 36 heavy (non-hydrogen) atoms. The SMILES string of the molecule is CC(C)=CCc1cc(C2CC(=O)c3ccc(O)c(CC=C(C)C)c3O2)cc2c1OC(C(C)(C)O)C2O. The fourth-order valence-electron chi connectivity index (χ4n) is 4.76. The second-order valence-corrected chi connectivity index (χ2v) is 10.9. The summed E-state index contributed by atoms with van der Waals surface area (Å²) in [5.74, 6) is 1.01. The largest absolute Gasteiger partial charge is 0.508 e. The lowest BCUT2D eigenvalue weighted by Crippen LogP contribution is -2.41. The molecular weight excluding hydrogens is 456 g/mol. The van der Waals surface area contributed by atoms with Crippen LogP contribution in [0.4, 0.5) is 0 Å². The monoisotopic (exact) mass is 492 g/mol. The minimum Gasteiger partial charge on any atom is -0.508 e. The van der Waals surface area contributed by atoms with Gasteiger partial charge in [0.25, 0.3) is 0 Å². The number of benzene rings is 2. The Balaban J connectivity index is 1.78. The number of Topliss-reactive ketones (excluding diaryl/α,β-unsaturated/α-hetero) is 1. The Hall–Kier alpha value is -3.09. The van der Waals surface area contributed by atoms with E-state index < -0.39 is 23.9 Å². The first kappa shape index (κ1) is 26.0. The van der Waals surface area contributed by atoms with E-state index in [-0.39, 0.29) is 18.0 Å². The molecule has 6 heteroatoms. The van der Waals surface area contributed by atoms with Gasteiger partial charge in [0.2, 0.25) is 0 Å². The Labute approximate surface area is 212 Å². The highest BCUT2D eigenvalue weighted by atomic mass is 16.5. The number of phenolic OH excluding ortho intramolecular Hbond substituents is 1. The fourth-order valence-corrected chi connectivity index (χ4v) is 4.76. The maximum absolute atomic E-state index is 13.2. The van der Waals surface area contributed by atoms with E-state index >= 15 is 0 Å². The predicted octanol–water partition coefficient (Wildman–Crippen LogP) is 5.68. The second-order valence-electron chi connectivity index (χ2n) is 10.9. The molecular formula is C30H36O6. The minimum atomic E-state index is -1.25. The van der Waals surface area contributed by atoms with Crippen molar-refractivity contribution in [1.29, 1.82) is 0 Å². The molecule has 0 radical (unpaired) electrons. The van der Waals surface area contributed by atoms with Crippen LogP contribution >= 0.6 is 0 Å². The molecule has 0 aromatic heterocycles. The van der Waals surface area contributed by atoms with Gasteiger partial charge in [-0.3, -0.25) is 4.79 Å². The van der Waals surface area contributed by atoms with Crippen molar-refractivity contribution in [2.24, 2.45) is 0 Å². The topological polar surface area (TPSA) is 96.2 Å². The number of aliphatic hydroxyl groups is 2. The van der Waals surface area contributed by atoms with Gasteiger partial charge < -0.3 is 24.8 Å². The number of carbonyl (C=O) groups excluding carboxylic acids is 1. The first-order valence-electron chi connectivity index (χ1n) is 12.4. The van der Waals surface area contributed by atoms with Crippen LogP contribution in [0, 0.1) is 0 Å². The highest BCUT2D eigenvalue weighted by Crippen LogP contribution is 2.47. The summed E-state index contributed by atoms with van der Waals surface area (Å²) in [7, 11) is 0. The van der Waals surface area contributed by atoms with Gasteiger partial charge >= 0.3 is 0 Å². The zero-order valence-corrected chi connectivity index (χ0v) is 21.9. The second kappa shape index (κ2) is 9.75. The molecule has 0 saturated heterocycles. The summed E-state index contributed by atoms with van der Waals surface area (Å²) in [4.78, 5) is 13.2. The van der Waals surface area contributed by atoms with Crippen molar-refractivity contribution in [3.05, 3.63) is 75.4 Å². The summed E-state index contributed by atoms with van der Waals surface area (Å²) >= 11 is 0. The van der Waals surface area contributed by atoms with Crippen LogP contribution in [0.15, 0.2) is 47.6 Å². The summed E-state index contributed by atoms with van der Waals surface area (Å²) in [6, 6.07) is 6.94. The van der Waals surface area contributed by atoms with Gasteiger partial charge in [0.1, 0.15) is 29.5 Å². The molecule has 3 unspecified atom stereocenters. The highest BCUT2D eigenvalue weighted by molar-refractivity contribution is 6.00.